The first kappa shape index (κ1) is 33.9. The zero-order valence-corrected chi connectivity index (χ0v) is 27.5. The molecule has 5 rings (SSSR count). The van der Waals surface area contributed by atoms with Gasteiger partial charge in [0.1, 0.15) is 11.6 Å². The van der Waals surface area contributed by atoms with Crippen LogP contribution in [-0.4, -0.2) is 33.3 Å². The molecular weight excluding hydrogens is 606 g/mol. The smallest absolute Gasteiger partial charge is 0.414 e. The molecule has 0 saturated carbocycles. The number of aliphatic carboxylic acids is 1. The van der Waals surface area contributed by atoms with E-state index in [2.05, 4.69) is 6.92 Å². The fourth-order valence-electron chi connectivity index (χ4n) is 5.34. The second-order valence-corrected chi connectivity index (χ2v) is 12.2. The highest BCUT2D eigenvalue weighted by Gasteiger charge is 2.23. The Morgan fingerprint density at radius 2 is 1.58 bits per heavy atom. The van der Waals surface area contributed by atoms with Gasteiger partial charge in [0.15, 0.2) is 0 Å². The Hall–Kier alpha value is -5.44. The fourth-order valence-corrected chi connectivity index (χ4v) is 5.34. The molecule has 0 radical (unpaired) electrons. The summed E-state index contributed by atoms with van der Waals surface area (Å²) in [5, 5.41) is 10.2. The third kappa shape index (κ3) is 8.47. The van der Waals surface area contributed by atoms with Crippen LogP contribution in [0.1, 0.15) is 62.2 Å². The number of hydrogen-bond acceptors (Lipinski definition) is 6. The van der Waals surface area contributed by atoms with Gasteiger partial charge in [0.25, 0.3) is 5.56 Å². The van der Waals surface area contributed by atoms with Gasteiger partial charge in [-0.15, -0.1) is 0 Å². The zero-order valence-electron chi connectivity index (χ0n) is 27.5. The van der Waals surface area contributed by atoms with Crippen LogP contribution in [0.3, 0.4) is 0 Å². The van der Waals surface area contributed by atoms with Gasteiger partial charge in [-0.3, -0.25) is 14.3 Å². The number of rotatable bonds is 14. The van der Waals surface area contributed by atoms with Crippen LogP contribution in [-0.2, 0) is 29.0 Å². The summed E-state index contributed by atoms with van der Waals surface area (Å²) in [6.07, 6.45) is 0.801. The molecule has 0 fully saturated rings. The van der Waals surface area contributed by atoms with E-state index in [9.17, 15) is 19.5 Å². The van der Waals surface area contributed by atoms with Crippen molar-refractivity contribution in [2.75, 3.05) is 11.5 Å². The molecular formula is C39H41N3O6. The topological polar surface area (TPSA) is 111 Å². The Morgan fingerprint density at radius 3 is 2.23 bits per heavy atom. The largest absolute Gasteiger partial charge is 0.478 e. The summed E-state index contributed by atoms with van der Waals surface area (Å²) in [6, 6.07) is 30.8. The molecule has 48 heavy (non-hydrogen) atoms. The summed E-state index contributed by atoms with van der Waals surface area (Å²) in [4.78, 5) is 45.9. The summed E-state index contributed by atoms with van der Waals surface area (Å²) >= 11 is 0. The third-order valence-corrected chi connectivity index (χ3v) is 7.87. The minimum Gasteiger partial charge on any atom is -0.478 e. The number of fused-ring (bicyclic) bond motifs is 1. The second-order valence-electron chi connectivity index (χ2n) is 12.2. The van der Waals surface area contributed by atoms with E-state index in [1.165, 1.54) is 0 Å². The Morgan fingerprint density at radius 1 is 0.896 bits per heavy atom. The molecule has 0 aliphatic carbocycles. The fraction of sp³-hybridized carbons (Fsp3) is 0.282. The van der Waals surface area contributed by atoms with Gasteiger partial charge < -0.3 is 14.6 Å². The lowest BCUT2D eigenvalue weighted by atomic mass is 10.1. The van der Waals surface area contributed by atoms with Gasteiger partial charge in [0.05, 0.1) is 30.6 Å². The van der Waals surface area contributed by atoms with E-state index in [-0.39, 0.29) is 31.2 Å². The molecule has 9 heteroatoms. The summed E-state index contributed by atoms with van der Waals surface area (Å²) < 4.78 is 13.1. The van der Waals surface area contributed by atoms with Crippen LogP contribution in [0.25, 0.3) is 10.9 Å². The number of benzene rings is 4. The van der Waals surface area contributed by atoms with Crippen molar-refractivity contribution in [2.45, 2.75) is 59.2 Å². The average Bonchev–Trinajstić information content (AvgIpc) is 3.10. The Balaban J connectivity index is 1.47. The number of carboxylic acids is 1. The summed E-state index contributed by atoms with van der Waals surface area (Å²) in [7, 11) is 0. The van der Waals surface area contributed by atoms with Crippen LogP contribution in [0.4, 0.5) is 10.5 Å². The van der Waals surface area contributed by atoms with Crippen LogP contribution in [0, 0.1) is 5.92 Å². The number of carboxylic acid groups (broad SMARTS) is 1. The molecule has 0 spiro atoms. The molecule has 1 atom stereocenters. The highest BCUT2D eigenvalue weighted by Crippen LogP contribution is 2.25. The van der Waals surface area contributed by atoms with E-state index in [0.717, 1.165) is 24.0 Å². The minimum atomic E-state index is -1.15. The van der Waals surface area contributed by atoms with Crippen molar-refractivity contribution in [3.8, 4) is 5.75 Å². The number of carbonyl (C=O) groups excluding carboxylic acids is 1. The van der Waals surface area contributed by atoms with Crippen LogP contribution in [0.2, 0.25) is 0 Å². The van der Waals surface area contributed by atoms with Crippen molar-refractivity contribution in [2.24, 2.45) is 5.92 Å². The number of unbranched alkanes of at least 4 members (excludes halogenated alkanes) is 1. The van der Waals surface area contributed by atoms with Gasteiger partial charge in [0, 0.05) is 17.7 Å². The first-order chi connectivity index (χ1) is 23.2. The molecule has 5 aromatic rings. The monoisotopic (exact) mass is 647 g/mol. The van der Waals surface area contributed by atoms with Gasteiger partial charge in [-0.2, -0.15) is 0 Å². The van der Waals surface area contributed by atoms with E-state index in [1.807, 2.05) is 62.4 Å². The van der Waals surface area contributed by atoms with Gasteiger partial charge in [-0.1, -0.05) is 100.0 Å². The van der Waals surface area contributed by atoms with Crippen molar-refractivity contribution in [3.05, 3.63) is 136 Å². The number of aryl methyl sites for hydroxylation is 1. The van der Waals surface area contributed by atoms with Crippen molar-refractivity contribution < 1.29 is 24.2 Å². The van der Waals surface area contributed by atoms with E-state index in [1.54, 1.807) is 64.1 Å². The number of ether oxygens (including phenoxy) is 2. The number of anilines is 1. The predicted octanol–water partition coefficient (Wildman–Crippen LogP) is 7.79. The maximum atomic E-state index is 14.2. The van der Waals surface area contributed by atoms with Crippen LogP contribution in [0.15, 0.2) is 108 Å². The van der Waals surface area contributed by atoms with Crippen molar-refractivity contribution in [1.82, 2.24) is 9.55 Å². The first-order valence-electron chi connectivity index (χ1n) is 16.3. The molecule has 1 amide bonds. The van der Waals surface area contributed by atoms with Gasteiger partial charge in [-0.25, -0.2) is 14.6 Å². The van der Waals surface area contributed by atoms with E-state index < -0.39 is 18.2 Å². The maximum Gasteiger partial charge on any atom is 0.414 e. The summed E-state index contributed by atoms with van der Waals surface area (Å²) in [5.74, 6) is 0.160. The lowest BCUT2D eigenvalue weighted by Crippen LogP contribution is -2.32. The molecule has 0 aliphatic rings. The summed E-state index contributed by atoms with van der Waals surface area (Å²) in [6.45, 7) is 6.87. The second kappa shape index (κ2) is 15.9. The van der Waals surface area contributed by atoms with E-state index in [4.69, 9.17) is 14.5 Å². The number of hydrogen-bond donors (Lipinski definition) is 1. The molecule has 4 aromatic carbocycles. The number of nitrogens with zero attached hydrogens (tertiary/aromatic N) is 3. The van der Waals surface area contributed by atoms with Gasteiger partial charge in [0.2, 0.25) is 6.10 Å². The molecule has 1 aromatic heterocycles. The number of aromatic nitrogens is 2. The van der Waals surface area contributed by atoms with Crippen molar-refractivity contribution in [3.63, 3.8) is 0 Å². The van der Waals surface area contributed by atoms with Gasteiger partial charge in [-0.05, 0) is 53.8 Å². The molecule has 9 nitrogen and oxygen atoms in total. The lowest BCUT2D eigenvalue weighted by Gasteiger charge is -2.23. The number of amides is 1. The Bertz CT molecular complexity index is 1890. The summed E-state index contributed by atoms with van der Waals surface area (Å²) in [5.41, 5.74) is 3.19. The number of carbonyl (C=O) groups is 2. The first-order valence-corrected chi connectivity index (χ1v) is 16.3. The van der Waals surface area contributed by atoms with Gasteiger partial charge >= 0.3 is 12.1 Å². The Kier molecular flexibility index (Phi) is 11.2. The molecule has 1 N–H and O–H groups in total. The van der Waals surface area contributed by atoms with Crippen molar-refractivity contribution >= 4 is 28.7 Å². The van der Waals surface area contributed by atoms with Crippen molar-refractivity contribution in [1.29, 1.82) is 0 Å². The molecule has 0 saturated heterocycles. The standard InChI is InChI=1S/C39H41N3O6/c1-4-5-16-35-40-34-22-19-31(41(39(46)47-26-27(2)3)24-28-12-8-6-9-13-28)23-33(34)37(43)42(35)25-29-17-20-32(21-18-29)48-36(38(44)45)30-14-10-7-11-15-30/h6-15,17-23,27,36H,4-5,16,24-26H2,1-3H3,(H,44,45). The molecule has 0 aliphatic heterocycles. The molecule has 248 valence electrons. The average molecular weight is 648 g/mol. The zero-order chi connectivity index (χ0) is 34.0. The SMILES string of the molecule is CCCCc1nc2ccc(N(Cc3ccccc3)C(=O)OCC(C)C)cc2c(=O)n1Cc1ccc(OC(C(=O)O)c2ccccc2)cc1. The predicted molar refractivity (Wildman–Crippen MR) is 186 cm³/mol. The quantitative estimate of drug-likeness (QED) is 0.131. The molecule has 1 unspecified atom stereocenters. The normalized spacial score (nSPS) is 11.8. The highest BCUT2D eigenvalue weighted by atomic mass is 16.6. The third-order valence-electron chi connectivity index (χ3n) is 7.87. The van der Waals surface area contributed by atoms with E-state index >= 15 is 0 Å². The van der Waals surface area contributed by atoms with Crippen LogP contribution >= 0.6 is 0 Å². The molecule has 0 bridgehead atoms. The molecule has 1 heterocycles. The maximum absolute atomic E-state index is 14.2. The van der Waals surface area contributed by atoms with Crippen LogP contribution < -0.4 is 15.2 Å². The highest BCUT2D eigenvalue weighted by molar-refractivity contribution is 5.91. The van der Waals surface area contributed by atoms with Crippen LogP contribution in [0.5, 0.6) is 5.75 Å². The van der Waals surface area contributed by atoms with E-state index in [0.29, 0.717) is 40.1 Å². The lowest BCUT2D eigenvalue weighted by molar-refractivity contribution is -0.145. The minimum absolute atomic E-state index is 0.171. The Labute approximate surface area is 280 Å².